The molecule has 0 fully saturated rings. The van der Waals surface area contributed by atoms with Gasteiger partial charge in [-0.25, -0.2) is 0 Å². The van der Waals surface area contributed by atoms with Gasteiger partial charge in [0.25, 0.3) is 0 Å². The first kappa shape index (κ1) is 12.6. The maximum absolute atomic E-state index is 12.4. The number of benzene rings is 2. The SMILES string of the molecule is O=C1/C(=C\c2ccc(Cl)cc2)C(Br)c2ccccc21. The van der Waals surface area contributed by atoms with Crippen LogP contribution in [0.1, 0.15) is 26.3 Å². The van der Waals surface area contributed by atoms with Crippen molar-refractivity contribution in [2.45, 2.75) is 4.83 Å². The summed E-state index contributed by atoms with van der Waals surface area (Å²) in [6.07, 6.45) is 1.91. The highest BCUT2D eigenvalue weighted by molar-refractivity contribution is 9.09. The summed E-state index contributed by atoms with van der Waals surface area (Å²) >= 11 is 9.46. The number of carbonyl (C=O) groups is 1. The molecule has 0 amide bonds. The average Bonchev–Trinajstić information content (AvgIpc) is 2.67. The van der Waals surface area contributed by atoms with Gasteiger partial charge in [0, 0.05) is 16.2 Å². The third-order valence-corrected chi connectivity index (χ3v) is 4.44. The molecule has 3 rings (SSSR count). The van der Waals surface area contributed by atoms with E-state index in [0.29, 0.717) is 5.02 Å². The molecular weight excluding hydrogens is 324 g/mol. The Balaban J connectivity index is 2.04. The number of rotatable bonds is 1. The minimum absolute atomic E-state index is 0.0353. The molecule has 94 valence electrons. The van der Waals surface area contributed by atoms with Crippen LogP contribution in [0, 0.1) is 0 Å². The number of halogens is 2. The molecule has 0 aliphatic heterocycles. The van der Waals surface area contributed by atoms with Crippen LogP contribution in [0.15, 0.2) is 54.1 Å². The fourth-order valence-electron chi connectivity index (χ4n) is 2.24. The fourth-order valence-corrected chi connectivity index (χ4v) is 3.11. The fraction of sp³-hybridized carbons (Fsp3) is 0.0625. The van der Waals surface area contributed by atoms with E-state index in [2.05, 4.69) is 15.9 Å². The largest absolute Gasteiger partial charge is 0.289 e. The lowest BCUT2D eigenvalue weighted by atomic mass is 10.1. The molecule has 0 aromatic heterocycles. The van der Waals surface area contributed by atoms with Gasteiger partial charge in [0.1, 0.15) is 0 Å². The van der Waals surface area contributed by atoms with E-state index in [9.17, 15) is 4.79 Å². The first-order valence-electron chi connectivity index (χ1n) is 5.91. The Kier molecular flexibility index (Phi) is 3.29. The second-order valence-corrected chi connectivity index (χ2v) is 5.78. The zero-order valence-electron chi connectivity index (χ0n) is 9.94. The van der Waals surface area contributed by atoms with E-state index < -0.39 is 0 Å². The quantitative estimate of drug-likeness (QED) is 0.527. The molecule has 1 atom stereocenters. The van der Waals surface area contributed by atoms with E-state index in [1.807, 2.05) is 54.6 Å². The van der Waals surface area contributed by atoms with Gasteiger partial charge in [0.15, 0.2) is 5.78 Å². The van der Waals surface area contributed by atoms with E-state index in [1.54, 1.807) is 0 Å². The highest BCUT2D eigenvalue weighted by Gasteiger charge is 2.32. The second kappa shape index (κ2) is 4.95. The molecule has 0 spiro atoms. The second-order valence-electron chi connectivity index (χ2n) is 4.43. The lowest BCUT2D eigenvalue weighted by Gasteiger charge is -2.03. The first-order valence-corrected chi connectivity index (χ1v) is 7.21. The predicted octanol–water partition coefficient (Wildman–Crippen LogP) is 5.06. The van der Waals surface area contributed by atoms with Crippen molar-refractivity contribution in [1.82, 2.24) is 0 Å². The third-order valence-electron chi connectivity index (χ3n) is 3.21. The van der Waals surface area contributed by atoms with Crippen LogP contribution in [-0.2, 0) is 0 Å². The molecule has 1 aliphatic carbocycles. The minimum Gasteiger partial charge on any atom is -0.289 e. The number of ketones is 1. The van der Waals surface area contributed by atoms with Gasteiger partial charge < -0.3 is 0 Å². The molecule has 0 heterocycles. The van der Waals surface area contributed by atoms with Crippen LogP contribution in [0.5, 0.6) is 0 Å². The lowest BCUT2D eigenvalue weighted by molar-refractivity contribution is 0.104. The van der Waals surface area contributed by atoms with E-state index in [0.717, 1.165) is 22.3 Å². The van der Waals surface area contributed by atoms with Gasteiger partial charge in [0.05, 0.1) is 4.83 Å². The van der Waals surface area contributed by atoms with Crippen molar-refractivity contribution in [3.8, 4) is 0 Å². The van der Waals surface area contributed by atoms with Crippen LogP contribution in [0.4, 0.5) is 0 Å². The summed E-state index contributed by atoms with van der Waals surface area (Å²) in [6.45, 7) is 0. The lowest BCUT2D eigenvalue weighted by Crippen LogP contribution is -1.95. The van der Waals surface area contributed by atoms with Gasteiger partial charge in [-0.05, 0) is 29.3 Å². The van der Waals surface area contributed by atoms with Crippen LogP contribution in [0.2, 0.25) is 5.02 Å². The zero-order valence-corrected chi connectivity index (χ0v) is 12.3. The van der Waals surface area contributed by atoms with Crippen LogP contribution in [-0.4, -0.2) is 5.78 Å². The Hall–Kier alpha value is -1.38. The number of carbonyl (C=O) groups excluding carboxylic acids is 1. The molecule has 19 heavy (non-hydrogen) atoms. The molecule has 0 saturated carbocycles. The van der Waals surface area contributed by atoms with Gasteiger partial charge in [-0.15, -0.1) is 0 Å². The van der Waals surface area contributed by atoms with Crippen molar-refractivity contribution < 1.29 is 4.79 Å². The molecule has 2 aromatic carbocycles. The van der Waals surface area contributed by atoms with Gasteiger partial charge in [0.2, 0.25) is 0 Å². The molecule has 2 aromatic rings. The average molecular weight is 334 g/mol. The number of hydrogen-bond acceptors (Lipinski definition) is 1. The highest BCUT2D eigenvalue weighted by Crippen LogP contribution is 2.42. The smallest absolute Gasteiger partial charge is 0.190 e. The minimum atomic E-state index is -0.0353. The molecule has 3 heteroatoms. The van der Waals surface area contributed by atoms with Gasteiger partial charge in [-0.2, -0.15) is 0 Å². The Morgan fingerprint density at radius 3 is 2.42 bits per heavy atom. The van der Waals surface area contributed by atoms with Crippen LogP contribution < -0.4 is 0 Å². The maximum atomic E-state index is 12.4. The van der Waals surface area contributed by atoms with E-state index in [1.165, 1.54) is 0 Å². The Bertz CT molecular complexity index is 673. The summed E-state index contributed by atoms with van der Waals surface area (Å²) in [6, 6.07) is 15.2. The van der Waals surface area contributed by atoms with Crippen LogP contribution >= 0.6 is 27.5 Å². The summed E-state index contributed by atoms with van der Waals surface area (Å²) in [4.78, 5) is 12.3. The highest BCUT2D eigenvalue weighted by atomic mass is 79.9. The number of fused-ring (bicyclic) bond motifs is 1. The molecule has 1 aliphatic rings. The molecule has 1 unspecified atom stereocenters. The van der Waals surface area contributed by atoms with Crippen LogP contribution in [0.25, 0.3) is 6.08 Å². The van der Waals surface area contributed by atoms with Crippen molar-refractivity contribution in [2.24, 2.45) is 0 Å². The Labute approximate surface area is 125 Å². The summed E-state index contributed by atoms with van der Waals surface area (Å²) in [7, 11) is 0. The van der Waals surface area contributed by atoms with E-state index in [-0.39, 0.29) is 10.6 Å². The molecule has 0 bridgehead atoms. The summed E-state index contributed by atoms with van der Waals surface area (Å²) in [5, 5.41) is 0.693. The van der Waals surface area contributed by atoms with Crippen LogP contribution in [0.3, 0.4) is 0 Å². The van der Waals surface area contributed by atoms with Crippen molar-refractivity contribution in [3.63, 3.8) is 0 Å². The summed E-state index contributed by atoms with van der Waals surface area (Å²) in [5.41, 5.74) is 3.56. The molecule has 1 nitrogen and oxygen atoms in total. The normalized spacial score (nSPS) is 19.8. The van der Waals surface area contributed by atoms with Gasteiger partial charge >= 0.3 is 0 Å². The molecular formula is C16H10BrClO. The van der Waals surface area contributed by atoms with E-state index in [4.69, 9.17) is 11.6 Å². The molecule has 0 radical (unpaired) electrons. The molecule has 0 N–H and O–H groups in total. The number of hydrogen-bond donors (Lipinski definition) is 0. The Morgan fingerprint density at radius 2 is 1.74 bits per heavy atom. The van der Waals surface area contributed by atoms with Crippen molar-refractivity contribution in [2.75, 3.05) is 0 Å². The maximum Gasteiger partial charge on any atom is 0.190 e. The van der Waals surface area contributed by atoms with E-state index >= 15 is 0 Å². The Morgan fingerprint density at radius 1 is 1.05 bits per heavy atom. The van der Waals surface area contributed by atoms with Crippen molar-refractivity contribution in [1.29, 1.82) is 0 Å². The van der Waals surface area contributed by atoms with Gasteiger partial charge in [-0.1, -0.05) is 63.9 Å². The van der Waals surface area contributed by atoms with Gasteiger partial charge in [-0.3, -0.25) is 4.79 Å². The van der Waals surface area contributed by atoms with Crippen molar-refractivity contribution in [3.05, 3.63) is 75.8 Å². The predicted molar refractivity (Wildman–Crippen MR) is 81.9 cm³/mol. The number of Topliss-reactive ketones (excluding diaryl/α,β-unsaturated/α-hetero) is 1. The third kappa shape index (κ3) is 2.26. The zero-order chi connectivity index (χ0) is 13.4. The molecule has 0 saturated heterocycles. The number of allylic oxidation sites excluding steroid dienone is 1. The topological polar surface area (TPSA) is 17.1 Å². The monoisotopic (exact) mass is 332 g/mol. The standard InChI is InChI=1S/C16H10BrClO/c17-15-12-3-1-2-4-13(12)16(19)14(15)9-10-5-7-11(18)8-6-10/h1-9,15H/b14-9-. The van der Waals surface area contributed by atoms with Crippen molar-refractivity contribution >= 4 is 39.4 Å². The number of alkyl halides is 1. The first-order chi connectivity index (χ1) is 9.16. The summed E-state index contributed by atoms with van der Waals surface area (Å²) < 4.78 is 0. The summed E-state index contributed by atoms with van der Waals surface area (Å²) in [5.74, 6) is 0.0902.